The molecule has 3 rings (SSSR count). The monoisotopic (exact) mass is 334 g/mol. The van der Waals surface area contributed by atoms with Gasteiger partial charge in [0.2, 0.25) is 0 Å². The molecule has 2 bridgehead atoms. The summed E-state index contributed by atoms with van der Waals surface area (Å²) in [6, 6.07) is 9.51. The van der Waals surface area contributed by atoms with Crippen LogP contribution in [0.3, 0.4) is 0 Å². The fourth-order valence-electron chi connectivity index (χ4n) is 3.79. The summed E-state index contributed by atoms with van der Waals surface area (Å²) in [5.74, 6) is 0. The number of rotatable bonds is 3. The van der Waals surface area contributed by atoms with Crippen molar-refractivity contribution >= 4 is 6.09 Å². The van der Waals surface area contributed by atoms with Crippen molar-refractivity contribution in [2.45, 2.75) is 76.5 Å². The predicted molar refractivity (Wildman–Crippen MR) is 91.5 cm³/mol. The fraction of sp³-hybridized carbons (Fsp3) is 0.632. The van der Waals surface area contributed by atoms with E-state index < -0.39 is 11.8 Å². The molecular weight excluding hydrogens is 307 g/mol. The van der Waals surface area contributed by atoms with Gasteiger partial charge >= 0.3 is 6.09 Å². The van der Waals surface area contributed by atoms with Gasteiger partial charge in [-0.05, 0) is 45.6 Å². The molecule has 0 aliphatic carbocycles. The van der Waals surface area contributed by atoms with Crippen LogP contribution in [0.15, 0.2) is 30.3 Å². The molecule has 132 valence electrons. The molecule has 1 amide bonds. The molecule has 2 aliphatic rings. The minimum Gasteiger partial charge on any atom is -0.444 e. The van der Waals surface area contributed by atoms with E-state index >= 15 is 0 Å². The van der Waals surface area contributed by atoms with E-state index in [0.717, 1.165) is 12.0 Å². The lowest BCUT2D eigenvalue weighted by Gasteiger charge is -2.41. The normalized spacial score (nSPS) is 29.6. The first-order valence-electron chi connectivity index (χ1n) is 8.78. The van der Waals surface area contributed by atoms with E-state index in [0.29, 0.717) is 19.4 Å². The molecular formula is C19H27FN2O2. The first kappa shape index (κ1) is 17.2. The van der Waals surface area contributed by atoms with Crippen molar-refractivity contribution in [2.24, 2.45) is 0 Å². The summed E-state index contributed by atoms with van der Waals surface area (Å²) in [6.45, 7) is 6.17. The van der Waals surface area contributed by atoms with Gasteiger partial charge in [0.1, 0.15) is 11.8 Å². The maximum Gasteiger partial charge on any atom is 0.410 e. The first-order valence-corrected chi connectivity index (χ1v) is 8.78. The summed E-state index contributed by atoms with van der Waals surface area (Å²) < 4.78 is 20.4. The smallest absolute Gasteiger partial charge is 0.410 e. The molecule has 2 aliphatic heterocycles. The third-order valence-corrected chi connectivity index (χ3v) is 4.84. The molecule has 0 spiro atoms. The second-order valence-corrected chi connectivity index (χ2v) is 7.84. The third kappa shape index (κ3) is 3.72. The second kappa shape index (κ2) is 6.71. The van der Waals surface area contributed by atoms with Gasteiger partial charge in [-0.1, -0.05) is 30.3 Å². The molecule has 2 unspecified atom stereocenters. The highest BCUT2D eigenvalue weighted by molar-refractivity contribution is 5.70. The number of piperidine rings is 1. The van der Waals surface area contributed by atoms with Crippen molar-refractivity contribution in [3.8, 4) is 0 Å². The van der Waals surface area contributed by atoms with Crippen LogP contribution in [-0.4, -0.2) is 40.9 Å². The summed E-state index contributed by atoms with van der Waals surface area (Å²) in [5.41, 5.74) is 0.594. The van der Waals surface area contributed by atoms with E-state index in [2.05, 4.69) is 5.32 Å². The highest BCUT2D eigenvalue weighted by Gasteiger charge is 2.50. The van der Waals surface area contributed by atoms with Crippen LogP contribution < -0.4 is 5.32 Å². The topological polar surface area (TPSA) is 41.6 Å². The Balaban J connectivity index is 1.62. The standard InChI is InChI=1S/C19H27FN2O2/c1-19(2,3)24-18(23)22-14-9-10-16(22)17(20)15(11-14)21-12-13-7-5-4-6-8-13/h4-8,14-17,21H,9-12H2,1-3H3/t14-,15?,16+,17?/m0/s1. The number of alkyl halides is 1. The average molecular weight is 334 g/mol. The predicted octanol–water partition coefficient (Wildman–Crippen LogP) is 3.65. The van der Waals surface area contributed by atoms with Crippen LogP contribution in [0.25, 0.3) is 0 Å². The molecule has 2 fully saturated rings. The summed E-state index contributed by atoms with van der Waals surface area (Å²) >= 11 is 0. The SMILES string of the molecule is CC(C)(C)OC(=O)N1[C@H]2CC[C@@H]1C(F)C(NCc1ccccc1)C2. The Morgan fingerprint density at radius 3 is 2.67 bits per heavy atom. The van der Waals surface area contributed by atoms with Crippen molar-refractivity contribution in [1.29, 1.82) is 0 Å². The quantitative estimate of drug-likeness (QED) is 0.917. The lowest BCUT2D eigenvalue weighted by Crippen LogP contribution is -2.59. The molecule has 1 aromatic carbocycles. The van der Waals surface area contributed by atoms with E-state index in [-0.39, 0.29) is 24.2 Å². The Kier molecular flexibility index (Phi) is 4.81. The Bertz CT molecular complexity index is 572. The van der Waals surface area contributed by atoms with Gasteiger partial charge in [0.25, 0.3) is 0 Å². The molecule has 0 radical (unpaired) electrons. The Labute approximate surface area is 143 Å². The van der Waals surface area contributed by atoms with Crippen molar-refractivity contribution < 1.29 is 13.9 Å². The minimum absolute atomic E-state index is 0.0742. The second-order valence-electron chi connectivity index (χ2n) is 7.84. The van der Waals surface area contributed by atoms with Crippen LogP contribution in [0.1, 0.15) is 45.6 Å². The summed E-state index contributed by atoms with van der Waals surface area (Å²) in [7, 11) is 0. The number of carbonyl (C=O) groups excluding carboxylic acids is 1. The molecule has 0 aromatic heterocycles. The molecule has 4 nitrogen and oxygen atoms in total. The van der Waals surface area contributed by atoms with Gasteiger partial charge in [0.05, 0.1) is 6.04 Å². The summed E-state index contributed by atoms with van der Waals surface area (Å²) in [4.78, 5) is 14.1. The maximum absolute atomic E-state index is 15.0. The number of hydrogen-bond acceptors (Lipinski definition) is 3. The molecule has 1 N–H and O–H groups in total. The van der Waals surface area contributed by atoms with Gasteiger partial charge < -0.3 is 10.1 Å². The molecule has 4 atom stereocenters. The number of carbonyl (C=O) groups is 1. The van der Waals surface area contributed by atoms with E-state index in [1.54, 1.807) is 4.90 Å². The van der Waals surface area contributed by atoms with Crippen LogP contribution in [0.5, 0.6) is 0 Å². The van der Waals surface area contributed by atoms with Crippen LogP contribution in [0, 0.1) is 0 Å². The molecule has 24 heavy (non-hydrogen) atoms. The zero-order chi connectivity index (χ0) is 17.3. The van der Waals surface area contributed by atoms with E-state index in [1.807, 2.05) is 51.1 Å². The number of halogens is 1. The number of amides is 1. The van der Waals surface area contributed by atoms with Gasteiger partial charge in [0, 0.05) is 18.6 Å². The van der Waals surface area contributed by atoms with Crippen LogP contribution >= 0.6 is 0 Å². The van der Waals surface area contributed by atoms with Crippen LogP contribution in [-0.2, 0) is 11.3 Å². The Morgan fingerprint density at radius 2 is 2.00 bits per heavy atom. The van der Waals surface area contributed by atoms with E-state index in [4.69, 9.17) is 4.74 Å². The Hall–Kier alpha value is -1.62. The van der Waals surface area contributed by atoms with E-state index in [1.165, 1.54) is 0 Å². The van der Waals surface area contributed by atoms with E-state index in [9.17, 15) is 9.18 Å². The summed E-state index contributed by atoms with van der Waals surface area (Å²) in [5, 5.41) is 3.34. The zero-order valence-corrected chi connectivity index (χ0v) is 14.7. The number of ether oxygens (including phenoxy) is 1. The largest absolute Gasteiger partial charge is 0.444 e. The molecule has 1 aromatic rings. The molecule has 5 heteroatoms. The number of nitrogens with zero attached hydrogens (tertiary/aromatic N) is 1. The molecule has 2 heterocycles. The first-order chi connectivity index (χ1) is 11.3. The molecule has 0 saturated carbocycles. The highest BCUT2D eigenvalue weighted by atomic mass is 19.1. The van der Waals surface area contributed by atoms with Gasteiger partial charge in [-0.3, -0.25) is 4.90 Å². The number of benzene rings is 1. The average Bonchev–Trinajstić information content (AvgIpc) is 2.87. The number of nitrogens with one attached hydrogen (secondary N) is 1. The maximum atomic E-state index is 15.0. The lowest BCUT2D eigenvalue weighted by atomic mass is 9.95. The van der Waals surface area contributed by atoms with Gasteiger partial charge in [0.15, 0.2) is 0 Å². The van der Waals surface area contributed by atoms with Crippen molar-refractivity contribution in [3.05, 3.63) is 35.9 Å². The fourth-order valence-corrected chi connectivity index (χ4v) is 3.79. The van der Waals surface area contributed by atoms with Crippen LogP contribution in [0.4, 0.5) is 9.18 Å². The Morgan fingerprint density at radius 1 is 1.29 bits per heavy atom. The van der Waals surface area contributed by atoms with Crippen molar-refractivity contribution in [2.75, 3.05) is 0 Å². The van der Waals surface area contributed by atoms with Gasteiger partial charge in [-0.15, -0.1) is 0 Å². The van der Waals surface area contributed by atoms with Crippen LogP contribution in [0.2, 0.25) is 0 Å². The lowest BCUT2D eigenvalue weighted by molar-refractivity contribution is -0.0135. The van der Waals surface area contributed by atoms with Gasteiger partial charge in [-0.2, -0.15) is 0 Å². The zero-order valence-electron chi connectivity index (χ0n) is 14.7. The number of fused-ring (bicyclic) bond motifs is 2. The van der Waals surface area contributed by atoms with Crippen molar-refractivity contribution in [1.82, 2.24) is 10.2 Å². The number of hydrogen-bond donors (Lipinski definition) is 1. The van der Waals surface area contributed by atoms with Crippen molar-refractivity contribution in [3.63, 3.8) is 0 Å². The van der Waals surface area contributed by atoms with Gasteiger partial charge in [-0.25, -0.2) is 9.18 Å². The highest BCUT2D eigenvalue weighted by Crippen LogP contribution is 2.38. The minimum atomic E-state index is -1.06. The third-order valence-electron chi connectivity index (χ3n) is 4.84. The molecule has 2 saturated heterocycles. The summed E-state index contributed by atoms with van der Waals surface area (Å²) in [6.07, 6.45) is 0.783.